The quantitative estimate of drug-likeness (QED) is 0.407. The molecule has 0 aliphatic carbocycles. The summed E-state index contributed by atoms with van der Waals surface area (Å²) in [5.41, 5.74) is 5.26. The van der Waals surface area contributed by atoms with Crippen molar-refractivity contribution < 1.29 is 0 Å². The molecule has 3 N–H and O–H groups in total. The first-order valence-electron chi connectivity index (χ1n) is 2.10. The van der Waals surface area contributed by atoms with Gasteiger partial charge in [-0.2, -0.15) is 0 Å². The number of hydrogen-bond acceptors (Lipinski definition) is 3. The number of nitrogens with two attached hydrogens (primary N) is 1. The zero-order chi connectivity index (χ0) is 5.98. The van der Waals surface area contributed by atoms with E-state index in [1.54, 1.807) is 12.3 Å². The maximum atomic E-state index is 5.26. The first-order chi connectivity index (χ1) is 3.79. The summed E-state index contributed by atoms with van der Waals surface area (Å²) in [4.78, 5) is 6.41. The Kier molecular flexibility index (Phi) is 4.05. The Bertz CT molecular complexity index is 233. The van der Waals surface area contributed by atoms with Crippen LogP contribution in [0.15, 0.2) is 12.3 Å². The number of H-pyrrole nitrogens is 1. The van der Waals surface area contributed by atoms with Gasteiger partial charge in [0.15, 0.2) is 4.77 Å². The fourth-order valence-corrected chi connectivity index (χ4v) is 0.559. The van der Waals surface area contributed by atoms with Crippen molar-refractivity contribution in [2.24, 2.45) is 0 Å². The van der Waals surface area contributed by atoms with Crippen molar-refractivity contribution in [2.45, 2.75) is 0 Å². The number of nitrogen functional groups attached to an aromatic ring is 1. The van der Waals surface area contributed by atoms with E-state index in [0.717, 1.165) is 0 Å². The van der Waals surface area contributed by atoms with E-state index in [-0.39, 0.29) is 29.6 Å². The van der Waals surface area contributed by atoms with E-state index in [4.69, 9.17) is 5.73 Å². The Hall–Kier alpha value is 0.1000. The van der Waals surface area contributed by atoms with Crippen LogP contribution in [0.1, 0.15) is 0 Å². The molecule has 5 heteroatoms. The summed E-state index contributed by atoms with van der Waals surface area (Å²) in [6, 6.07) is 1.65. The van der Waals surface area contributed by atoms with E-state index >= 15 is 0 Å². The molecule has 1 aromatic heterocycles. The molecule has 0 aliphatic rings. The average Bonchev–Trinajstić information content (AvgIpc) is 1.64. The van der Waals surface area contributed by atoms with Crippen LogP contribution in [0.2, 0.25) is 0 Å². The van der Waals surface area contributed by atoms with E-state index < -0.39 is 0 Å². The molecular weight excluding hydrogens is 145 g/mol. The summed E-state index contributed by atoms with van der Waals surface area (Å²) in [6.07, 6.45) is 1.66. The molecule has 0 amide bonds. The van der Waals surface area contributed by atoms with Crippen LogP contribution in [0.4, 0.5) is 5.82 Å². The van der Waals surface area contributed by atoms with Gasteiger partial charge in [0.2, 0.25) is 0 Å². The van der Waals surface area contributed by atoms with Gasteiger partial charge in [0.1, 0.15) is 5.82 Å². The summed E-state index contributed by atoms with van der Waals surface area (Å²) in [5, 5.41) is 0. The van der Waals surface area contributed by atoms with E-state index in [1.165, 1.54) is 0 Å². The van der Waals surface area contributed by atoms with Gasteiger partial charge in [-0.15, -0.1) is 0 Å². The molecule has 1 heterocycles. The summed E-state index contributed by atoms with van der Waals surface area (Å²) in [7, 11) is 0. The topological polar surface area (TPSA) is 54.7 Å². The SMILES string of the molecule is Nc1cc[nH]c(=S)n1.[NaH]. The third-order valence-corrected chi connectivity index (χ3v) is 0.901. The summed E-state index contributed by atoms with van der Waals surface area (Å²) in [6.45, 7) is 0. The summed E-state index contributed by atoms with van der Waals surface area (Å²) < 4.78 is 0.421. The van der Waals surface area contributed by atoms with Crippen LogP contribution >= 0.6 is 12.2 Å². The van der Waals surface area contributed by atoms with Crippen molar-refractivity contribution in [1.82, 2.24) is 9.97 Å². The minimum atomic E-state index is 0. The third-order valence-electron chi connectivity index (χ3n) is 0.692. The van der Waals surface area contributed by atoms with Crippen LogP contribution in [0.25, 0.3) is 0 Å². The monoisotopic (exact) mass is 151 g/mol. The van der Waals surface area contributed by atoms with Crippen molar-refractivity contribution in [2.75, 3.05) is 5.73 Å². The van der Waals surface area contributed by atoms with Gasteiger partial charge in [-0.1, -0.05) is 0 Å². The maximum absolute atomic E-state index is 5.26. The summed E-state index contributed by atoms with van der Waals surface area (Å²) in [5.74, 6) is 0.453. The van der Waals surface area contributed by atoms with Crippen molar-refractivity contribution in [3.05, 3.63) is 17.0 Å². The number of aromatic amines is 1. The van der Waals surface area contributed by atoms with Crippen LogP contribution in [-0.4, -0.2) is 39.5 Å². The van der Waals surface area contributed by atoms with Crippen molar-refractivity contribution in [3.63, 3.8) is 0 Å². The predicted octanol–water partition coefficient (Wildman–Crippen LogP) is 0.0729. The van der Waals surface area contributed by atoms with E-state index in [1.807, 2.05) is 0 Å². The van der Waals surface area contributed by atoms with Crippen LogP contribution in [0.5, 0.6) is 0 Å². The van der Waals surface area contributed by atoms with E-state index in [0.29, 0.717) is 10.6 Å². The number of nitrogens with one attached hydrogen (secondary N) is 1. The Labute approximate surface area is 80.0 Å². The molecule has 0 fully saturated rings. The molecule has 0 atom stereocenters. The Morgan fingerprint density at radius 1 is 1.67 bits per heavy atom. The molecule has 0 aliphatic heterocycles. The predicted molar refractivity (Wildman–Crippen MR) is 41.0 cm³/mol. The summed E-state index contributed by atoms with van der Waals surface area (Å²) >= 11 is 4.65. The molecule has 0 spiro atoms. The molecule has 9 heavy (non-hydrogen) atoms. The van der Waals surface area contributed by atoms with Gasteiger partial charge in [0, 0.05) is 6.20 Å². The molecular formula is C4H6N3NaS. The minimum absolute atomic E-state index is 0. The molecule has 3 nitrogen and oxygen atoms in total. The van der Waals surface area contributed by atoms with Gasteiger partial charge >= 0.3 is 29.6 Å². The second-order valence-electron chi connectivity index (χ2n) is 1.32. The first-order valence-corrected chi connectivity index (χ1v) is 2.51. The molecule has 0 bridgehead atoms. The average molecular weight is 151 g/mol. The number of hydrogen-bond donors (Lipinski definition) is 2. The molecule has 0 saturated carbocycles. The number of nitrogens with zero attached hydrogens (tertiary/aromatic N) is 1. The van der Waals surface area contributed by atoms with Crippen molar-refractivity contribution >= 4 is 47.6 Å². The van der Waals surface area contributed by atoms with Gasteiger partial charge in [0.05, 0.1) is 0 Å². The molecule has 0 saturated heterocycles. The number of rotatable bonds is 0. The van der Waals surface area contributed by atoms with Crippen LogP contribution < -0.4 is 5.73 Å². The third kappa shape index (κ3) is 2.95. The fraction of sp³-hybridized carbons (Fsp3) is 0. The van der Waals surface area contributed by atoms with Crippen LogP contribution in [0.3, 0.4) is 0 Å². The van der Waals surface area contributed by atoms with E-state index in [2.05, 4.69) is 22.2 Å². The van der Waals surface area contributed by atoms with E-state index in [9.17, 15) is 0 Å². The second-order valence-corrected chi connectivity index (χ2v) is 1.71. The van der Waals surface area contributed by atoms with Crippen molar-refractivity contribution in [1.29, 1.82) is 0 Å². The van der Waals surface area contributed by atoms with Gasteiger partial charge in [-0.05, 0) is 18.3 Å². The molecule has 0 unspecified atom stereocenters. The molecule has 0 radical (unpaired) electrons. The van der Waals surface area contributed by atoms with Crippen molar-refractivity contribution in [3.8, 4) is 0 Å². The molecule has 1 rings (SSSR count). The second kappa shape index (κ2) is 4.00. The van der Waals surface area contributed by atoms with Crippen LogP contribution in [0, 0.1) is 4.77 Å². The standard InChI is InChI=1S/C4H5N3S.Na.H/c5-3-1-2-6-4(8)7-3;;/h1-2H,(H3,5,6,7,8);;. The van der Waals surface area contributed by atoms with Gasteiger partial charge < -0.3 is 10.7 Å². The first kappa shape index (κ1) is 9.10. The molecule has 44 valence electrons. The Morgan fingerprint density at radius 3 is 2.67 bits per heavy atom. The molecule has 0 aromatic carbocycles. The zero-order valence-electron chi connectivity index (χ0n) is 4.09. The normalized spacial score (nSPS) is 8.00. The molecule has 1 aromatic rings. The van der Waals surface area contributed by atoms with Crippen LogP contribution in [-0.2, 0) is 0 Å². The van der Waals surface area contributed by atoms with Gasteiger partial charge in [-0.25, -0.2) is 4.98 Å². The zero-order valence-corrected chi connectivity index (χ0v) is 4.90. The Morgan fingerprint density at radius 2 is 2.33 bits per heavy atom. The fourth-order valence-electron chi connectivity index (χ4n) is 0.385. The van der Waals surface area contributed by atoms with Gasteiger partial charge in [0.25, 0.3) is 0 Å². The number of anilines is 1. The van der Waals surface area contributed by atoms with Gasteiger partial charge in [-0.3, -0.25) is 0 Å². The Balaban J connectivity index is 0.000000640. The number of aromatic nitrogens is 2.